The lowest BCUT2D eigenvalue weighted by atomic mass is 10.1. The first-order valence-corrected chi connectivity index (χ1v) is 15.8. The molecule has 43 heavy (non-hydrogen) atoms. The highest BCUT2D eigenvalue weighted by Gasteiger charge is 2.39. The predicted octanol–water partition coefficient (Wildman–Crippen LogP) is 6.63. The van der Waals surface area contributed by atoms with Crippen molar-refractivity contribution in [3.63, 3.8) is 0 Å². The van der Waals surface area contributed by atoms with Crippen molar-refractivity contribution in [2.45, 2.75) is 26.0 Å². The van der Waals surface area contributed by atoms with Crippen molar-refractivity contribution >= 4 is 46.7 Å². The average Bonchev–Trinajstić information content (AvgIpc) is 3.29. The molecular weight excluding hydrogens is 602 g/mol. The second-order valence-electron chi connectivity index (χ2n) is 9.59. The molecule has 0 saturated heterocycles. The van der Waals surface area contributed by atoms with Crippen LogP contribution in [0.3, 0.4) is 0 Å². The third-order valence-corrected chi connectivity index (χ3v) is 9.31. The minimum atomic E-state index is -5.81. The fraction of sp³-hybridized carbons (Fsp3) is 0.323. The fourth-order valence-electron chi connectivity index (χ4n) is 4.15. The summed E-state index contributed by atoms with van der Waals surface area (Å²) < 4.78 is 77.6. The van der Waals surface area contributed by atoms with E-state index in [1.165, 1.54) is 43.1 Å². The molecule has 0 amide bonds. The molecule has 1 heterocycles. The predicted molar refractivity (Wildman–Crippen MR) is 163 cm³/mol. The first kappa shape index (κ1) is 34.1. The van der Waals surface area contributed by atoms with Gasteiger partial charge in [-0.05, 0) is 56.2 Å². The van der Waals surface area contributed by atoms with Gasteiger partial charge in [-0.15, -0.1) is 0 Å². The van der Waals surface area contributed by atoms with E-state index < -0.39 is 27.9 Å². The second-order valence-corrected chi connectivity index (χ2v) is 13.1. The average molecular weight is 637 g/mol. The number of alkyl halides is 2. The van der Waals surface area contributed by atoms with E-state index in [-0.39, 0.29) is 16.0 Å². The number of benzene rings is 3. The molecule has 0 saturated carbocycles. The molecule has 8 nitrogen and oxygen atoms in total. The minimum absolute atomic E-state index is 0.0747. The Morgan fingerprint density at radius 1 is 0.930 bits per heavy atom. The summed E-state index contributed by atoms with van der Waals surface area (Å²) in [6, 6.07) is 22.1. The molecule has 0 radical (unpaired) electrons. The van der Waals surface area contributed by atoms with Crippen LogP contribution in [0, 0.1) is 13.8 Å². The lowest BCUT2D eigenvalue weighted by Gasteiger charge is -2.19. The maximum Gasteiger partial charge on any atom is 0.367 e. The van der Waals surface area contributed by atoms with Crippen molar-refractivity contribution < 1.29 is 45.5 Å². The minimum Gasteiger partial charge on any atom is -0.743 e. The third-order valence-electron chi connectivity index (χ3n) is 6.17. The van der Waals surface area contributed by atoms with Gasteiger partial charge in [0, 0.05) is 46.1 Å². The van der Waals surface area contributed by atoms with E-state index in [0.717, 1.165) is 5.75 Å². The molecule has 3 aromatic carbocycles. The van der Waals surface area contributed by atoms with E-state index in [1.807, 2.05) is 0 Å². The van der Waals surface area contributed by atoms with Gasteiger partial charge < -0.3 is 23.5 Å². The number of carbonyl (C=O) groups is 1. The number of carbonyl (C=O) groups excluding carboxylic acids is 1. The topological polar surface area (TPSA) is 111 Å². The standard InChI is InChI=1S/C25H27O3S.C6H8F2O5S/c1-18-16-20(17-19(2)25(18)28-15-14-27-13-12-26-3)29-23-10-6-4-8-21(23)22-9-5-7-11-24(22)29;1-4(2)5(9)13-3-6(7,8)14(10,11)12/h4-11,16-17H,12-15H2,1-3H3;1,3H2,2H3,(H,10,11,12)/q+1;/p-1. The molecule has 1 aromatic heterocycles. The normalized spacial score (nSPS) is 11.7. The van der Waals surface area contributed by atoms with E-state index in [0.29, 0.717) is 26.4 Å². The van der Waals surface area contributed by atoms with Crippen LogP contribution in [0.5, 0.6) is 5.75 Å². The Morgan fingerprint density at radius 2 is 1.44 bits per heavy atom. The van der Waals surface area contributed by atoms with Crippen LogP contribution < -0.4 is 4.74 Å². The van der Waals surface area contributed by atoms with Gasteiger partial charge >= 0.3 is 11.2 Å². The SMILES string of the molecule is C=C(C)C(=O)OCC(F)(F)S(=O)(=O)[O-].COCCOCCOc1c(C)cc(-[s+]2c3ccccc3c3ccccc32)cc1C. The number of hydrogen-bond acceptors (Lipinski definition) is 8. The molecule has 12 heteroatoms. The summed E-state index contributed by atoms with van der Waals surface area (Å²) >= 11 is 0. The molecule has 4 rings (SSSR count). The number of ether oxygens (including phenoxy) is 4. The Morgan fingerprint density at radius 3 is 1.93 bits per heavy atom. The van der Waals surface area contributed by atoms with Gasteiger partial charge in [0.2, 0.25) is 0 Å². The van der Waals surface area contributed by atoms with Crippen LogP contribution in [0.15, 0.2) is 72.8 Å². The van der Waals surface area contributed by atoms with E-state index in [1.54, 1.807) is 7.11 Å². The summed E-state index contributed by atoms with van der Waals surface area (Å²) in [5, 5.41) is -1.90. The monoisotopic (exact) mass is 636 g/mol. The molecule has 0 aliphatic carbocycles. The van der Waals surface area contributed by atoms with Crippen LogP contribution in [0.25, 0.3) is 25.1 Å². The molecule has 0 unspecified atom stereocenters. The van der Waals surface area contributed by atoms with Crippen LogP contribution >= 0.6 is 10.5 Å². The van der Waals surface area contributed by atoms with Gasteiger partial charge in [-0.25, -0.2) is 13.2 Å². The van der Waals surface area contributed by atoms with Gasteiger partial charge in [0.1, 0.15) is 12.4 Å². The zero-order valence-corrected chi connectivity index (χ0v) is 26.0. The van der Waals surface area contributed by atoms with Gasteiger partial charge in [0.05, 0.1) is 19.8 Å². The Labute approximate surface area is 252 Å². The molecular formula is C31H34F2O8S2. The van der Waals surface area contributed by atoms with E-state index in [2.05, 4.69) is 85.8 Å². The van der Waals surface area contributed by atoms with Crippen molar-refractivity contribution in [2.24, 2.45) is 0 Å². The molecule has 0 N–H and O–H groups in total. The highest BCUT2D eigenvalue weighted by Crippen LogP contribution is 2.49. The molecule has 0 fully saturated rings. The highest BCUT2D eigenvalue weighted by atomic mass is 32.2. The van der Waals surface area contributed by atoms with E-state index in [9.17, 15) is 26.5 Å². The lowest BCUT2D eigenvalue weighted by molar-refractivity contribution is -0.144. The van der Waals surface area contributed by atoms with Crippen LogP contribution in [0.4, 0.5) is 8.78 Å². The van der Waals surface area contributed by atoms with Gasteiger partial charge in [0.15, 0.2) is 31.0 Å². The molecule has 0 atom stereocenters. The number of thiophene rings is 1. The molecule has 0 bridgehead atoms. The first-order chi connectivity index (χ1) is 20.3. The highest BCUT2D eigenvalue weighted by molar-refractivity contribution is 7.86. The third kappa shape index (κ3) is 8.58. The summed E-state index contributed by atoms with van der Waals surface area (Å²) in [5.41, 5.74) is 2.17. The Kier molecular flexibility index (Phi) is 11.8. The zero-order chi connectivity index (χ0) is 31.8. The first-order valence-electron chi connectivity index (χ1n) is 13.2. The van der Waals surface area contributed by atoms with E-state index >= 15 is 0 Å². The van der Waals surface area contributed by atoms with Crippen molar-refractivity contribution in [1.82, 2.24) is 0 Å². The van der Waals surface area contributed by atoms with Crippen molar-refractivity contribution in [3.8, 4) is 10.6 Å². The number of fused-ring (bicyclic) bond motifs is 3. The number of hydrogen-bond donors (Lipinski definition) is 0. The van der Waals surface area contributed by atoms with Gasteiger partial charge in [0.25, 0.3) is 0 Å². The smallest absolute Gasteiger partial charge is 0.367 e. The number of rotatable bonds is 12. The van der Waals surface area contributed by atoms with Crippen LogP contribution in [-0.2, 0) is 29.1 Å². The maximum atomic E-state index is 12.3. The summed E-state index contributed by atoms with van der Waals surface area (Å²) in [5.74, 6) is -0.221. The van der Waals surface area contributed by atoms with Gasteiger partial charge in [-0.1, -0.05) is 30.8 Å². The second kappa shape index (κ2) is 14.8. The van der Waals surface area contributed by atoms with Crippen molar-refractivity contribution in [3.05, 3.63) is 83.9 Å². The van der Waals surface area contributed by atoms with Gasteiger partial charge in [-0.2, -0.15) is 8.78 Å². The fourth-order valence-corrected chi connectivity index (χ4v) is 6.92. The summed E-state index contributed by atoms with van der Waals surface area (Å²) in [6.45, 7) is 9.04. The van der Waals surface area contributed by atoms with Gasteiger partial charge in [-0.3, -0.25) is 0 Å². The summed E-state index contributed by atoms with van der Waals surface area (Å²) in [7, 11) is -4.21. The number of esters is 1. The maximum absolute atomic E-state index is 12.3. The summed E-state index contributed by atoms with van der Waals surface area (Å²) in [6.07, 6.45) is 0. The Bertz CT molecular complexity index is 1620. The quantitative estimate of drug-likeness (QED) is 0.0560. The molecule has 0 spiro atoms. The van der Waals surface area contributed by atoms with Crippen LogP contribution in [0.2, 0.25) is 0 Å². The molecule has 0 aliphatic heterocycles. The number of aryl methyl sites for hydroxylation is 2. The van der Waals surface area contributed by atoms with Crippen LogP contribution in [-0.4, -0.2) is 64.3 Å². The Hall–Kier alpha value is -3.42. The van der Waals surface area contributed by atoms with Crippen molar-refractivity contribution in [1.29, 1.82) is 0 Å². The van der Waals surface area contributed by atoms with Crippen LogP contribution in [0.1, 0.15) is 18.1 Å². The largest absolute Gasteiger partial charge is 0.743 e. The molecule has 0 aliphatic rings. The van der Waals surface area contributed by atoms with Crippen molar-refractivity contribution in [2.75, 3.05) is 40.1 Å². The lowest BCUT2D eigenvalue weighted by Crippen LogP contribution is -2.34. The zero-order valence-electron chi connectivity index (χ0n) is 24.4. The Balaban J connectivity index is 0.000000308. The number of halogens is 2. The summed E-state index contributed by atoms with van der Waals surface area (Å²) in [4.78, 5) is 11.9. The molecule has 232 valence electrons. The molecule has 4 aromatic rings. The van der Waals surface area contributed by atoms with E-state index in [4.69, 9.17) is 14.2 Å². The number of methoxy groups -OCH3 is 1.